The highest BCUT2D eigenvalue weighted by atomic mass is 32.2. The molecule has 0 saturated heterocycles. The van der Waals surface area contributed by atoms with Gasteiger partial charge in [0.15, 0.2) is 22.2 Å². The van der Waals surface area contributed by atoms with E-state index in [4.69, 9.17) is 0 Å². The van der Waals surface area contributed by atoms with Crippen molar-refractivity contribution < 1.29 is 17.5 Å². The zero-order valence-corrected chi connectivity index (χ0v) is 20.8. The van der Waals surface area contributed by atoms with Gasteiger partial charge in [0.05, 0.1) is 10.5 Å². The van der Waals surface area contributed by atoms with Gasteiger partial charge in [0.1, 0.15) is 0 Å². The van der Waals surface area contributed by atoms with Crippen LogP contribution in [-0.4, -0.2) is 28.0 Å². The summed E-state index contributed by atoms with van der Waals surface area (Å²) in [6, 6.07) is 0. The molecular weight excluding hydrogens is 404 g/mol. The third-order valence-corrected chi connectivity index (χ3v) is 7.85. The Hall–Kier alpha value is 0.220. The molecule has 0 bridgehead atoms. The minimum Gasteiger partial charge on any atom is -0.306 e. The first-order valence-electron chi connectivity index (χ1n) is 12.2. The molecule has 4 nitrogen and oxygen atoms in total. The number of hydrogen-bond donors (Lipinski definition) is 2. The molecule has 0 aliphatic heterocycles. The summed E-state index contributed by atoms with van der Waals surface area (Å²) in [6.07, 6.45) is 21.0. The molecule has 0 spiro atoms. The van der Waals surface area contributed by atoms with Gasteiger partial charge >= 0.3 is 0 Å². The minimum absolute atomic E-state index is 0.370. The van der Waals surface area contributed by atoms with Gasteiger partial charge in [0, 0.05) is 0 Å². The molecule has 0 aromatic heterocycles. The van der Waals surface area contributed by atoms with Crippen molar-refractivity contribution in [3.8, 4) is 0 Å². The molecule has 0 radical (unpaired) electrons. The lowest BCUT2D eigenvalue weighted by atomic mass is 10.0. The van der Waals surface area contributed by atoms with E-state index in [0.717, 1.165) is 25.7 Å². The molecule has 4 atom stereocenters. The quantitative estimate of drug-likeness (QED) is 0.131. The lowest BCUT2D eigenvalue weighted by Gasteiger charge is -2.19. The lowest BCUT2D eigenvalue weighted by Crippen LogP contribution is -2.25. The summed E-state index contributed by atoms with van der Waals surface area (Å²) < 4.78 is 42.7. The molecule has 4 unspecified atom stereocenters. The second kappa shape index (κ2) is 21.5. The van der Waals surface area contributed by atoms with Gasteiger partial charge in [-0.25, -0.2) is 8.42 Å². The standard InChI is InChI=1S/C23H48O4S2/c1-3-5-7-9-11-13-15-17-19-22(28(24)25)21-23(29(26)27)20-18-16-14-12-10-8-6-4-2/h22-23H,3-21H2,1-2H3,(H,24,25)(H,26,27). The topological polar surface area (TPSA) is 74.6 Å². The fraction of sp³-hybridized carbons (Fsp3) is 1.00. The lowest BCUT2D eigenvalue weighted by molar-refractivity contribution is 0.478. The maximum Gasteiger partial charge on any atom is 0.156 e. The van der Waals surface area contributed by atoms with Crippen LogP contribution in [0.2, 0.25) is 0 Å². The zero-order chi connectivity index (χ0) is 21.7. The van der Waals surface area contributed by atoms with Gasteiger partial charge in [-0.05, 0) is 19.3 Å². The van der Waals surface area contributed by atoms with Gasteiger partial charge in [-0.3, -0.25) is 0 Å². The van der Waals surface area contributed by atoms with Crippen LogP contribution in [0.5, 0.6) is 0 Å². The predicted molar refractivity (Wildman–Crippen MR) is 128 cm³/mol. The average molecular weight is 453 g/mol. The fourth-order valence-electron chi connectivity index (χ4n) is 3.91. The van der Waals surface area contributed by atoms with Crippen molar-refractivity contribution >= 4 is 22.2 Å². The smallest absolute Gasteiger partial charge is 0.156 e. The Balaban J connectivity index is 4.02. The van der Waals surface area contributed by atoms with Crippen LogP contribution in [0.1, 0.15) is 136 Å². The first kappa shape index (κ1) is 29.2. The third-order valence-electron chi connectivity index (χ3n) is 5.86. The highest BCUT2D eigenvalue weighted by Gasteiger charge is 2.24. The second-order valence-electron chi connectivity index (χ2n) is 8.56. The van der Waals surface area contributed by atoms with E-state index in [0.29, 0.717) is 19.3 Å². The maximum absolute atomic E-state index is 11.7. The van der Waals surface area contributed by atoms with Gasteiger partial charge in [-0.1, -0.05) is 117 Å². The van der Waals surface area contributed by atoms with Crippen molar-refractivity contribution in [1.29, 1.82) is 0 Å². The van der Waals surface area contributed by atoms with Gasteiger partial charge in [-0.2, -0.15) is 0 Å². The van der Waals surface area contributed by atoms with E-state index in [1.54, 1.807) is 0 Å². The van der Waals surface area contributed by atoms with Gasteiger partial charge in [-0.15, -0.1) is 0 Å². The number of rotatable bonds is 22. The Labute approximate surface area is 186 Å². The summed E-state index contributed by atoms with van der Waals surface area (Å²) in [7, 11) is 0. The fourth-order valence-corrected chi connectivity index (χ4v) is 5.56. The SMILES string of the molecule is CCCCCCCCCCC(CC(CCCCCCCCCC)S(=O)O)S(=O)O. The van der Waals surface area contributed by atoms with Crippen molar-refractivity contribution in [3.05, 3.63) is 0 Å². The predicted octanol–water partition coefficient (Wildman–Crippen LogP) is 7.62. The summed E-state index contributed by atoms with van der Waals surface area (Å²) in [5.74, 6) is 0. The van der Waals surface area contributed by atoms with Crippen molar-refractivity contribution in [2.45, 2.75) is 146 Å². The highest BCUT2D eigenvalue weighted by Crippen LogP contribution is 2.21. The monoisotopic (exact) mass is 452 g/mol. The Kier molecular flexibility index (Phi) is 21.6. The third kappa shape index (κ3) is 18.7. The molecule has 0 amide bonds. The molecule has 6 heteroatoms. The Morgan fingerprint density at radius 2 is 0.793 bits per heavy atom. The van der Waals surface area contributed by atoms with Gasteiger partial charge < -0.3 is 9.11 Å². The van der Waals surface area contributed by atoms with E-state index < -0.39 is 22.2 Å². The summed E-state index contributed by atoms with van der Waals surface area (Å²) in [6.45, 7) is 4.44. The number of unbranched alkanes of at least 4 members (excludes halogenated alkanes) is 14. The Morgan fingerprint density at radius 1 is 0.517 bits per heavy atom. The second-order valence-corrected chi connectivity index (χ2v) is 11.0. The van der Waals surface area contributed by atoms with Crippen LogP contribution in [0.3, 0.4) is 0 Å². The van der Waals surface area contributed by atoms with Crippen LogP contribution in [0.4, 0.5) is 0 Å². The molecule has 0 saturated carbocycles. The largest absolute Gasteiger partial charge is 0.306 e. The molecular formula is C23H48O4S2. The summed E-state index contributed by atoms with van der Waals surface area (Å²) >= 11 is -3.82. The molecule has 176 valence electrons. The average Bonchev–Trinajstić information content (AvgIpc) is 2.69. The molecule has 29 heavy (non-hydrogen) atoms. The van der Waals surface area contributed by atoms with Crippen LogP contribution in [0.15, 0.2) is 0 Å². The minimum atomic E-state index is -1.91. The van der Waals surface area contributed by atoms with E-state index in [2.05, 4.69) is 13.8 Å². The summed E-state index contributed by atoms with van der Waals surface area (Å²) in [5, 5.41) is -0.740. The molecule has 0 rings (SSSR count). The van der Waals surface area contributed by atoms with Crippen LogP contribution in [0.25, 0.3) is 0 Å². The first-order valence-corrected chi connectivity index (χ1v) is 14.6. The van der Waals surface area contributed by atoms with Crippen molar-refractivity contribution in [2.24, 2.45) is 0 Å². The molecule has 0 aliphatic rings. The Bertz CT molecular complexity index is 368. The normalized spacial score (nSPS) is 15.9. The molecule has 0 heterocycles. The van der Waals surface area contributed by atoms with Gasteiger partial charge in [0.2, 0.25) is 0 Å². The van der Waals surface area contributed by atoms with E-state index in [1.165, 1.54) is 77.0 Å². The van der Waals surface area contributed by atoms with Crippen molar-refractivity contribution in [3.63, 3.8) is 0 Å². The number of hydrogen-bond acceptors (Lipinski definition) is 2. The van der Waals surface area contributed by atoms with Crippen molar-refractivity contribution in [2.75, 3.05) is 0 Å². The van der Waals surface area contributed by atoms with Crippen LogP contribution >= 0.6 is 0 Å². The van der Waals surface area contributed by atoms with Crippen LogP contribution in [-0.2, 0) is 22.2 Å². The molecule has 2 N–H and O–H groups in total. The van der Waals surface area contributed by atoms with Crippen LogP contribution in [0, 0.1) is 0 Å². The molecule has 0 aliphatic carbocycles. The van der Waals surface area contributed by atoms with Crippen LogP contribution < -0.4 is 0 Å². The summed E-state index contributed by atoms with van der Waals surface area (Å²) in [5.41, 5.74) is 0. The van der Waals surface area contributed by atoms with Crippen molar-refractivity contribution in [1.82, 2.24) is 0 Å². The van der Waals surface area contributed by atoms with E-state index in [9.17, 15) is 17.5 Å². The molecule has 0 fully saturated rings. The highest BCUT2D eigenvalue weighted by molar-refractivity contribution is 7.80. The molecule has 0 aromatic carbocycles. The maximum atomic E-state index is 11.7. The van der Waals surface area contributed by atoms with E-state index in [1.807, 2.05) is 0 Å². The molecule has 0 aromatic rings. The first-order chi connectivity index (χ1) is 14.0. The Morgan fingerprint density at radius 3 is 1.07 bits per heavy atom. The van der Waals surface area contributed by atoms with Gasteiger partial charge in [0.25, 0.3) is 0 Å². The summed E-state index contributed by atoms with van der Waals surface area (Å²) in [4.78, 5) is 0. The zero-order valence-electron chi connectivity index (χ0n) is 19.1. The van der Waals surface area contributed by atoms with E-state index in [-0.39, 0.29) is 10.5 Å². The van der Waals surface area contributed by atoms with E-state index >= 15 is 0 Å².